The minimum atomic E-state index is -3.69. The molecule has 2 aromatic carbocycles. The maximum atomic E-state index is 12.4. The molecular weight excluding hydrogens is 811 g/mol. The molecule has 45 heavy (non-hydrogen) atoms. The summed E-state index contributed by atoms with van der Waals surface area (Å²) >= 11 is 17.7. The summed E-state index contributed by atoms with van der Waals surface area (Å²) in [6, 6.07) is 16.6. The first-order chi connectivity index (χ1) is 20.5. The molecule has 4 rings (SSSR count). The van der Waals surface area contributed by atoms with E-state index in [1.54, 1.807) is 30.3 Å². The van der Waals surface area contributed by atoms with E-state index < -0.39 is 19.1 Å². The number of hydrogen-bond acceptors (Lipinski definition) is 7. The Balaban J connectivity index is 0.000000261. The second-order valence-corrected chi connectivity index (χ2v) is 18.2. The summed E-state index contributed by atoms with van der Waals surface area (Å²) in [7, 11) is -2.09. The Morgan fingerprint density at radius 1 is 0.689 bits per heavy atom. The van der Waals surface area contributed by atoms with Crippen LogP contribution in [0.1, 0.15) is 52.7 Å². The summed E-state index contributed by atoms with van der Waals surface area (Å²) in [4.78, 5) is 8.13. The number of nitrogens with zero attached hydrogens (tertiary/aromatic N) is 2. The van der Waals surface area contributed by atoms with Crippen molar-refractivity contribution < 1.29 is 16.8 Å². The second kappa shape index (κ2) is 15.8. The molecular formula is C30H33Br2Cl3N4O4S2. The molecule has 8 nitrogen and oxygen atoms in total. The van der Waals surface area contributed by atoms with Gasteiger partial charge in [-0.15, -0.1) is 0 Å². The minimum absolute atomic E-state index is 0.0224. The van der Waals surface area contributed by atoms with Gasteiger partial charge >= 0.3 is 0 Å². The van der Waals surface area contributed by atoms with E-state index in [0.717, 1.165) is 11.1 Å². The van der Waals surface area contributed by atoms with Crippen LogP contribution in [0.5, 0.6) is 0 Å². The lowest BCUT2D eigenvalue weighted by Gasteiger charge is -2.19. The van der Waals surface area contributed by atoms with Gasteiger partial charge in [0.15, 0.2) is 0 Å². The van der Waals surface area contributed by atoms with Gasteiger partial charge in [-0.05, 0) is 90.2 Å². The van der Waals surface area contributed by atoms with Gasteiger partial charge in [0.2, 0.25) is 0 Å². The monoisotopic (exact) mass is 840 g/mol. The van der Waals surface area contributed by atoms with E-state index in [1.165, 1.54) is 30.6 Å². The predicted molar refractivity (Wildman–Crippen MR) is 192 cm³/mol. The van der Waals surface area contributed by atoms with Crippen molar-refractivity contribution in [2.24, 2.45) is 0 Å². The van der Waals surface area contributed by atoms with Crippen LogP contribution in [0.3, 0.4) is 0 Å². The number of benzene rings is 2. The standard InChI is InChI=1S/C15H16BrClN2O2S.C10H13ClO2S.C5H4BrClN2/c1-15(2,3)10-4-6-12(7-5-10)22(20,21)19-13-8-11(17)9-18-14(13)16;1-10(2,3)8-4-6-9(7-5-8)14(11,12)13;6-5-4(8)1-3(7)2-9-5/h4-9,19H,1-3H3;4-7H,1-3H3;1-2H,8H2. The Labute approximate surface area is 296 Å². The number of nitrogen functional groups attached to an aromatic ring is 1. The molecule has 244 valence electrons. The molecule has 0 spiro atoms. The first-order valence-corrected chi connectivity index (χ1v) is 19.2. The Kier molecular flexibility index (Phi) is 13.8. The quantitative estimate of drug-likeness (QED) is 0.155. The zero-order chi connectivity index (χ0) is 34.4. The van der Waals surface area contributed by atoms with E-state index in [0.29, 0.717) is 30.6 Å². The van der Waals surface area contributed by atoms with E-state index >= 15 is 0 Å². The summed E-state index contributed by atoms with van der Waals surface area (Å²) in [6.45, 7) is 12.4. The lowest BCUT2D eigenvalue weighted by atomic mass is 9.87. The average Bonchev–Trinajstić information content (AvgIpc) is 2.92. The van der Waals surface area contributed by atoms with Gasteiger partial charge in [0, 0.05) is 23.1 Å². The summed E-state index contributed by atoms with van der Waals surface area (Å²) in [5.74, 6) is 0. The molecule has 2 aromatic heterocycles. The fraction of sp³-hybridized carbons (Fsp3) is 0.267. The molecule has 0 saturated heterocycles. The number of nitrogens with one attached hydrogen (secondary N) is 1. The van der Waals surface area contributed by atoms with Gasteiger partial charge in [-0.25, -0.2) is 26.8 Å². The lowest BCUT2D eigenvalue weighted by molar-refractivity contribution is 0.587. The first kappa shape index (κ1) is 39.2. The largest absolute Gasteiger partial charge is 0.396 e. The third-order valence-corrected chi connectivity index (χ3v) is 10.4. The zero-order valence-electron chi connectivity index (χ0n) is 25.2. The molecule has 3 N–H and O–H groups in total. The zero-order valence-corrected chi connectivity index (χ0v) is 32.3. The predicted octanol–water partition coefficient (Wildman–Crippen LogP) is 9.59. The Bertz CT molecular complexity index is 1830. The SMILES string of the molecule is CC(C)(C)c1ccc(S(=O)(=O)Cl)cc1.CC(C)(C)c1ccc(S(=O)(=O)Nc2cc(Cl)cnc2Br)cc1.Nc1cc(Cl)cnc1Br. The van der Waals surface area contributed by atoms with Crippen LogP contribution in [0, 0.1) is 0 Å². The Morgan fingerprint density at radius 3 is 1.47 bits per heavy atom. The number of anilines is 2. The van der Waals surface area contributed by atoms with Crippen LogP contribution >= 0.6 is 65.7 Å². The van der Waals surface area contributed by atoms with Gasteiger partial charge < -0.3 is 5.73 Å². The average molecular weight is 844 g/mol. The van der Waals surface area contributed by atoms with Crippen LogP contribution in [-0.4, -0.2) is 26.8 Å². The van der Waals surface area contributed by atoms with Crippen molar-refractivity contribution >= 4 is 96.2 Å². The van der Waals surface area contributed by atoms with Gasteiger partial charge in [0.05, 0.1) is 31.2 Å². The molecule has 0 saturated carbocycles. The Hall–Kier alpha value is -1.93. The van der Waals surface area contributed by atoms with Crippen molar-refractivity contribution in [1.29, 1.82) is 0 Å². The van der Waals surface area contributed by atoms with Gasteiger partial charge in [0.1, 0.15) is 9.21 Å². The molecule has 4 aromatic rings. The maximum absolute atomic E-state index is 12.4. The van der Waals surface area contributed by atoms with Crippen molar-refractivity contribution in [2.75, 3.05) is 10.5 Å². The van der Waals surface area contributed by atoms with Crippen LogP contribution < -0.4 is 10.5 Å². The summed E-state index contributed by atoms with van der Waals surface area (Å²) < 4.78 is 50.3. The highest BCUT2D eigenvalue weighted by Crippen LogP contribution is 2.28. The highest BCUT2D eigenvalue weighted by Gasteiger charge is 2.19. The maximum Gasteiger partial charge on any atom is 0.261 e. The topological polar surface area (TPSA) is 132 Å². The normalized spacial score (nSPS) is 11.9. The summed E-state index contributed by atoms with van der Waals surface area (Å²) in [5, 5.41) is 0.902. The molecule has 0 amide bonds. The minimum Gasteiger partial charge on any atom is -0.396 e. The highest BCUT2D eigenvalue weighted by molar-refractivity contribution is 9.10. The number of pyridine rings is 2. The summed E-state index contributed by atoms with van der Waals surface area (Å²) in [6.07, 6.45) is 2.96. The van der Waals surface area contributed by atoms with Crippen molar-refractivity contribution in [3.63, 3.8) is 0 Å². The second-order valence-electron chi connectivity index (χ2n) is 11.6. The molecule has 0 fully saturated rings. The third-order valence-electron chi connectivity index (χ3n) is 5.92. The fourth-order valence-electron chi connectivity index (χ4n) is 3.39. The number of hydrogen-bond donors (Lipinski definition) is 2. The van der Waals surface area contributed by atoms with Crippen molar-refractivity contribution in [1.82, 2.24) is 9.97 Å². The van der Waals surface area contributed by atoms with Crippen molar-refractivity contribution in [3.8, 4) is 0 Å². The molecule has 0 aliphatic heterocycles. The van der Waals surface area contributed by atoms with Crippen LogP contribution in [0.15, 0.2) is 92.1 Å². The Morgan fingerprint density at radius 2 is 1.09 bits per heavy atom. The number of sulfonamides is 1. The van der Waals surface area contributed by atoms with Gasteiger partial charge in [0.25, 0.3) is 19.1 Å². The van der Waals surface area contributed by atoms with E-state index in [1.807, 2.05) is 12.1 Å². The molecule has 15 heteroatoms. The van der Waals surface area contributed by atoms with E-state index in [-0.39, 0.29) is 20.6 Å². The number of halogens is 5. The first-order valence-electron chi connectivity index (χ1n) is 13.1. The van der Waals surface area contributed by atoms with Crippen molar-refractivity contribution in [2.45, 2.75) is 62.2 Å². The van der Waals surface area contributed by atoms with E-state index in [9.17, 15) is 16.8 Å². The fourth-order valence-corrected chi connectivity index (χ4v) is 6.20. The number of rotatable bonds is 4. The molecule has 0 radical (unpaired) electrons. The number of nitrogens with two attached hydrogens (primary N) is 1. The van der Waals surface area contributed by atoms with Gasteiger partial charge in [-0.3, -0.25) is 4.72 Å². The lowest BCUT2D eigenvalue weighted by Crippen LogP contribution is -2.15. The summed E-state index contributed by atoms with van der Waals surface area (Å²) in [5.41, 5.74) is 8.43. The molecule has 0 unspecified atom stereocenters. The highest BCUT2D eigenvalue weighted by atomic mass is 79.9. The van der Waals surface area contributed by atoms with Crippen LogP contribution in [0.2, 0.25) is 10.0 Å². The van der Waals surface area contributed by atoms with Crippen LogP contribution in [0.25, 0.3) is 0 Å². The third kappa shape index (κ3) is 12.7. The van der Waals surface area contributed by atoms with Gasteiger partial charge in [-0.1, -0.05) is 89.0 Å². The molecule has 2 heterocycles. The number of aromatic nitrogens is 2. The van der Waals surface area contributed by atoms with Crippen LogP contribution in [-0.2, 0) is 29.9 Å². The van der Waals surface area contributed by atoms with E-state index in [2.05, 4.69) is 88.1 Å². The molecule has 0 aliphatic carbocycles. The molecule has 0 atom stereocenters. The van der Waals surface area contributed by atoms with Crippen LogP contribution in [0.4, 0.5) is 11.4 Å². The molecule has 0 bridgehead atoms. The van der Waals surface area contributed by atoms with Gasteiger partial charge in [-0.2, -0.15) is 0 Å². The van der Waals surface area contributed by atoms with Crippen molar-refractivity contribution in [3.05, 3.63) is 103 Å². The molecule has 0 aliphatic rings. The van der Waals surface area contributed by atoms with E-state index in [4.69, 9.17) is 39.6 Å². The smallest absolute Gasteiger partial charge is 0.261 e.